The van der Waals surface area contributed by atoms with Gasteiger partial charge in [0.05, 0.1) is 27.2 Å². The summed E-state index contributed by atoms with van der Waals surface area (Å²) < 4.78 is 84.1. The Morgan fingerprint density at radius 1 is 1.17 bits per heavy atom. The summed E-state index contributed by atoms with van der Waals surface area (Å²) in [7, 11) is 0. The van der Waals surface area contributed by atoms with E-state index in [1.54, 1.807) is 6.92 Å². The molecule has 1 aliphatic rings. The van der Waals surface area contributed by atoms with E-state index in [4.69, 9.17) is 17.3 Å². The third-order valence-corrected chi connectivity index (χ3v) is 6.21. The summed E-state index contributed by atoms with van der Waals surface area (Å²) in [6.45, 7) is 1.89. The molecule has 2 amide bonds. The number of aromatic nitrogens is 2. The van der Waals surface area contributed by atoms with E-state index in [2.05, 4.69) is 4.98 Å². The topological polar surface area (TPSA) is 81.2 Å². The van der Waals surface area contributed by atoms with Crippen LogP contribution in [0.25, 0.3) is 11.0 Å². The molecule has 1 unspecified atom stereocenters. The maximum atomic E-state index is 14.3. The molecular formula is C23H19ClF6N4O2. The van der Waals surface area contributed by atoms with Crippen LogP contribution in [0.3, 0.4) is 0 Å². The van der Waals surface area contributed by atoms with Crippen LogP contribution in [0.1, 0.15) is 57.9 Å². The van der Waals surface area contributed by atoms with E-state index in [1.165, 1.54) is 16.7 Å². The molecule has 2 N–H and O–H groups in total. The van der Waals surface area contributed by atoms with E-state index < -0.39 is 47.4 Å². The summed E-state index contributed by atoms with van der Waals surface area (Å²) in [5, 5.41) is -0.222. The Bertz CT molecular complexity index is 1350. The van der Waals surface area contributed by atoms with E-state index in [1.807, 2.05) is 0 Å². The highest BCUT2D eigenvalue weighted by Gasteiger charge is 2.52. The summed E-state index contributed by atoms with van der Waals surface area (Å²) in [4.78, 5) is 29.9. The maximum absolute atomic E-state index is 14.3. The minimum Gasteiger partial charge on any atom is -0.363 e. The van der Waals surface area contributed by atoms with Crippen molar-refractivity contribution in [1.29, 1.82) is 0 Å². The maximum Gasteiger partial charge on any atom is 0.416 e. The largest absolute Gasteiger partial charge is 0.416 e. The summed E-state index contributed by atoms with van der Waals surface area (Å²) in [5.41, 5.74) is 3.51. The molecule has 1 fully saturated rings. The lowest BCUT2D eigenvalue weighted by molar-refractivity contribution is -0.181. The monoisotopic (exact) mass is 532 g/mol. The number of benzene rings is 2. The van der Waals surface area contributed by atoms with Crippen LogP contribution >= 0.6 is 11.6 Å². The van der Waals surface area contributed by atoms with Gasteiger partial charge in [-0.15, -0.1) is 0 Å². The van der Waals surface area contributed by atoms with Gasteiger partial charge in [-0.3, -0.25) is 9.59 Å². The molecule has 1 aliphatic carbocycles. The Morgan fingerprint density at radius 2 is 1.83 bits per heavy atom. The Labute approximate surface area is 205 Å². The van der Waals surface area contributed by atoms with Crippen molar-refractivity contribution < 1.29 is 35.9 Å². The van der Waals surface area contributed by atoms with Crippen molar-refractivity contribution >= 4 is 34.4 Å². The lowest BCUT2D eigenvalue weighted by Crippen LogP contribution is -2.44. The average molecular weight is 533 g/mol. The summed E-state index contributed by atoms with van der Waals surface area (Å²) in [5.74, 6) is -2.07. The van der Waals surface area contributed by atoms with Gasteiger partial charge in [0.2, 0.25) is 0 Å². The molecule has 13 heteroatoms. The Kier molecular flexibility index (Phi) is 6.44. The van der Waals surface area contributed by atoms with Gasteiger partial charge in [-0.1, -0.05) is 23.7 Å². The molecule has 1 saturated carbocycles. The number of carbonyl (C=O) groups is 2. The predicted octanol–water partition coefficient (Wildman–Crippen LogP) is 5.74. The molecule has 1 aromatic heterocycles. The summed E-state index contributed by atoms with van der Waals surface area (Å²) in [6, 6.07) is 1.82. The number of rotatable bonds is 6. The molecule has 36 heavy (non-hydrogen) atoms. The van der Waals surface area contributed by atoms with Crippen LogP contribution in [-0.2, 0) is 12.7 Å². The van der Waals surface area contributed by atoms with Crippen LogP contribution in [0.15, 0.2) is 36.4 Å². The zero-order valence-corrected chi connectivity index (χ0v) is 19.4. The number of halogens is 7. The van der Waals surface area contributed by atoms with Gasteiger partial charge >= 0.3 is 12.4 Å². The third-order valence-electron chi connectivity index (χ3n) is 5.90. The van der Waals surface area contributed by atoms with Crippen LogP contribution in [0.2, 0.25) is 5.02 Å². The molecular weight excluding hydrogens is 514 g/mol. The van der Waals surface area contributed by atoms with Crippen LogP contribution < -0.4 is 5.73 Å². The van der Waals surface area contributed by atoms with Gasteiger partial charge < -0.3 is 15.2 Å². The van der Waals surface area contributed by atoms with Gasteiger partial charge in [-0.25, -0.2) is 4.98 Å². The van der Waals surface area contributed by atoms with Crippen molar-refractivity contribution in [3.05, 3.63) is 63.9 Å². The van der Waals surface area contributed by atoms with Crippen molar-refractivity contribution in [3.63, 3.8) is 0 Å². The van der Waals surface area contributed by atoms with E-state index in [-0.39, 0.29) is 46.8 Å². The highest BCUT2D eigenvalue weighted by atomic mass is 35.5. The molecule has 192 valence electrons. The molecule has 0 aliphatic heterocycles. The second-order valence-electron chi connectivity index (χ2n) is 8.38. The summed E-state index contributed by atoms with van der Waals surface area (Å²) in [6.07, 6.45) is -9.46. The number of aryl methyl sites for hydroxylation is 1. The molecule has 2 aromatic carbocycles. The number of hydrogen-bond donors (Lipinski definition) is 1. The van der Waals surface area contributed by atoms with Crippen molar-refractivity contribution in [2.75, 3.05) is 0 Å². The van der Waals surface area contributed by atoms with E-state index in [0.717, 1.165) is 12.1 Å². The smallest absolute Gasteiger partial charge is 0.363 e. The highest BCUT2D eigenvalue weighted by Crippen LogP contribution is 2.46. The first kappa shape index (κ1) is 25.8. The number of nitrogens with zero attached hydrogens (tertiary/aromatic N) is 3. The van der Waals surface area contributed by atoms with Crippen LogP contribution in [0, 0.1) is 0 Å². The normalized spacial score (nSPS) is 15.2. The van der Waals surface area contributed by atoms with E-state index in [0.29, 0.717) is 17.0 Å². The lowest BCUT2D eigenvalue weighted by atomic mass is 10.00. The van der Waals surface area contributed by atoms with Gasteiger partial charge in [0.1, 0.15) is 0 Å². The molecule has 3 aromatic rings. The van der Waals surface area contributed by atoms with Gasteiger partial charge in [-0.05, 0) is 49.6 Å². The van der Waals surface area contributed by atoms with Crippen LogP contribution in [0.5, 0.6) is 0 Å². The average Bonchev–Trinajstić information content (AvgIpc) is 3.55. The molecule has 4 rings (SSSR count). The number of hydrogen-bond acceptors (Lipinski definition) is 3. The lowest BCUT2D eigenvalue weighted by Gasteiger charge is -2.34. The first-order valence-corrected chi connectivity index (χ1v) is 11.2. The van der Waals surface area contributed by atoms with Gasteiger partial charge in [0, 0.05) is 12.6 Å². The van der Waals surface area contributed by atoms with Crippen molar-refractivity contribution in [2.45, 2.75) is 50.7 Å². The number of alkyl halides is 6. The fraction of sp³-hybridized carbons (Fsp3) is 0.348. The number of nitrogens with two attached hydrogens (primary N) is 1. The zero-order valence-electron chi connectivity index (χ0n) is 18.6. The minimum atomic E-state index is -5.08. The minimum absolute atomic E-state index is 0.121. The number of amides is 2. The second-order valence-corrected chi connectivity index (χ2v) is 8.78. The number of primary amides is 1. The quantitative estimate of drug-likeness (QED) is 0.411. The molecule has 0 radical (unpaired) electrons. The second kappa shape index (κ2) is 8.99. The number of imidazole rings is 1. The fourth-order valence-corrected chi connectivity index (χ4v) is 4.43. The molecule has 6 nitrogen and oxygen atoms in total. The van der Waals surface area contributed by atoms with Crippen molar-refractivity contribution in [3.8, 4) is 0 Å². The molecule has 0 spiro atoms. The Hall–Kier alpha value is -3.28. The zero-order chi connectivity index (χ0) is 26.6. The third kappa shape index (κ3) is 4.73. The number of carbonyl (C=O) groups excluding carboxylic acids is 2. The van der Waals surface area contributed by atoms with Gasteiger partial charge in [-0.2, -0.15) is 26.3 Å². The van der Waals surface area contributed by atoms with Crippen molar-refractivity contribution in [2.24, 2.45) is 5.73 Å². The fourth-order valence-electron chi connectivity index (χ4n) is 4.20. The molecule has 1 heterocycles. The summed E-state index contributed by atoms with van der Waals surface area (Å²) >= 11 is 6.26. The first-order chi connectivity index (χ1) is 16.7. The molecule has 0 bridgehead atoms. The molecule has 1 atom stereocenters. The standard InChI is InChI=1S/C23H19ClF6N4O2/c1-2-33-17-9-14(15(24)10-16(17)32-20(33)19(31)35)21(36)34(13-6-7-13)18(23(28,29)30)11-4-3-5-12(8-11)22(25,26)27/h3-5,8-10,13,18H,2,6-7H2,1H3,(H2,31,35). The van der Waals surface area contributed by atoms with E-state index in [9.17, 15) is 35.9 Å². The Morgan fingerprint density at radius 3 is 2.36 bits per heavy atom. The van der Waals surface area contributed by atoms with Gasteiger partial charge in [0.15, 0.2) is 11.9 Å². The highest BCUT2D eigenvalue weighted by molar-refractivity contribution is 6.34. The van der Waals surface area contributed by atoms with Crippen LogP contribution in [-0.4, -0.2) is 38.5 Å². The van der Waals surface area contributed by atoms with Crippen molar-refractivity contribution in [1.82, 2.24) is 14.5 Å². The van der Waals surface area contributed by atoms with Crippen LogP contribution in [0.4, 0.5) is 26.3 Å². The predicted molar refractivity (Wildman–Crippen MR) is 118 cm³/mol. The Balaban J connectivity index is 1.86. The first-order valence-electron chi connectivity index (χ1n) is 10.8. The van der Waals surface area contributed by atoms with E-state index >= 15 is 0 Å². The molecule has 0 saturated heterocycles. The van der Waals surface area contributed by atoms with Gasteiger partial charge in [0.25, 0.3) is 11.8 Å². The number of fused-ring (bicyclic) bond motifs is 1. The SMILES string of the molecule is CCn1c(C(N)=O)nc2cc(Cl)c(C(=O)N(C3CC3)C(c3cccc(C(F)(F)F)c3)C(F)(F)F)cc21.